The quantitative estimate of drug-likeness (QED) is 0.148. The first kappa shape index (κ1) is 23.7. The molecule has 33 heavy (non-hydrogen) atoms. The fourth-order valence-electron chi connectivity index (χ4n) is 3.93. The molecule has 0 radical (unpaired) electrons. The number of halogens is 7. The molecule has 15 heteroatoms. The number of benzene rings is 2. The van der Waals surface area contributed by atoms with Gasteiger partial charge in [-0.1, -0.05) is 45.6 Å². The van der Waals surface area contributed by atoms with Crippen LogP contribution in [0.5, 0.6) is 0 Å². The molecule has 7 nitrogen and oxygen atoms in total. The van der Waals surface area contributed by atoms with Crippen molar-refractivity contribution in [3.05, 3.63) is 78.8 Å². The summed E-state index contributed by atoms with van der Waals surface area (Å²) in [7, 11) is -6.00. The van der Waals surface area contributed by atoms with Crippen LogP contribution in [0.4, 0.5) is 23.0 Å². The Bertz CT molecular complexity index is 1230. The third-order valence-electron chi connectivity index (χ3n) is 5.12. The Morgan fingerprint density at radius 3 is 2.39 bits per heavy atom. The largest absolute Gasteiger partial charge is 0.673 e. The van der Waals surface area contributed by atoms with Crippen molar-refractivity contribution in [1.82, 2.24) is 9.78 Å². The molecule has 0 fully saturated rings. The monoisotopic (exact) mass is 524 g/mol. The summed E-state index contributed by atoms with van der Waals surface area (Å²) in [6.07, 6.45) is 2.38. The van der Waals surface area contributed by atoms with Gasteiger partial charge < -0.3 is 22.0 Å². The zero-order valence-electron chi connectivity index (χ0n) is 16.3. The van der Waals surface area contributed by atoms with Gasteiger partial charge in [-0.3, -0.25) is 10.1 Å². The van der Waals surface area contributed by atoms with E-state index >= 15 is 0 Å². The Balaban J connectivity index is 0.000000471. The lowest BCUT2D eigenvalue weighted by molar-refractivity contribution is -0.739. The summed E-state index contributed by atoms with van der Waals surface area (Å²) in [4.78, 5) is 10.8. The van der Waals surface area contributed by atoms with Crippen molar-refractivity contribution in [1.29, 1.82) is 0 Å². The molecule has 0 spiro atoms. The first-order valence-corrected chi connectivity index (χ1v) is 10.5. The van der Waals surface area contributed by atoms with Gasteiger partial charge in [0.2, 0.25) is 6.33 Å². The van der Waals surface area contributed by atoms with Crippen LogP contribution in [0.15, 0.2) is 36.7 Å². The highest BCUT2D eigenvalue weighted by Crippen LogP contribution is 2.38. The smallest absolute Gasteiger partial charge is 0.418 e. The molecule has 0 saturated carbocycles. The molecule has 1 aliphatic carbocycles. The molecular formula is C18H12BCl3F4N4O3. The van der Waals surface area contributed by atoms with Gasteiger partial charge in [-0.05, 0) is 17.7 Å². The van der Waals surface area contributed by atoms with Crippen molar-refractivity contribution in [2.24, 2.45) is 0 Å². The summed E-state index contributed by atoms with van der Waals surface area (Å²) in [5, 5.41) is 17.0. The van der Waals surface area contributed by atoms with E-state index in [1.807, 2.05) is 4.57 Å². The molecule has 0 amide bonds. The van der Waals surface area contributed by atoms with Crippen LogP contribution in [0.25, 0.3) is 5.69 Å². The lowest BCUT2D eigenvalue weighted by Crippen LogP contribution is -2.51. The average Bonchev–Trinajstić information content (AvgIpc) is 3.25. The lowest BCUT2D eigenvalue weighted by atomic mass is 10.1. The minimum absolute atomic E-state index is 0.0586. The Labute approximate surface area is 198 Å². The highest BCUT2D eigenvalue weighted by Gasteiger charge is 2.44. The van der Waals surface area contributed by atoms with Crippen LogP contribution in [-0.2, 0) is 17.8 Å². The van der Waals surface area contributed by atoms with E-state index in [0.29, 0.717) is 39.6 Å². The van der Waals surface area contributed by atoms with Crippen molar-refractivity contribution in [2.75, 3.05) is 0 Å². The Hall–Kier alpha value is -2.41. The predicted octanol–water partition coefficient (Wildman–Crippen LogP) is 5.37. The summed E-state index contributed by atoms with van der Waals surface area (Å²) in [6, 6.07) is 7.94. The van der Waals surface area contributed by atoms with E-state index in [-0.39, 0.29) is 22.8 Å². The Morgan fingerprint density at radius 2 is 1.79 bits per heavy atom. The van der Waals surface area contributed by atoms with Gasteiger partial charge in [0.25, 0.3) is 5.69 Å². The van der Waals surface area contributed by atoms with Crippen LogP contribution in [0, 0.1) is 10.1 Å². The number of nitrogens with zero attached hydrogens (tertiary/aromatic N) is 4. The summed E-state index contributed by atoms with van der Waals surface area (Å²) in [5.41, 5.74) is 2.49. The van der Waals surface area contributed by atoms with Crippen molar-refractivity contribution < 1.29 is 31.5 Å². The average molecular weight is 525 g/mol. The summed E-state index contributed by atoms with van der Waals surface area (Å²) < 4.78 is 48.6. The molecule has 0 N–H and O–H groups in total. The van der Waals surface area contributed by atoms with E-state index in [2.05, 4.69) is 5.10 Å². The van der Waals surface area contributed by atoms with Gasteiger partial charge in [0, 0.05) is 34.2 Å². The second-order valence-electron chi connectivity index (χ2n) is 7.24. The Kier molecular flexibility index (Phi) is 6.29. The van der Waals surface area contributed by atoms with Crippen molar-refractivity contribution in [3.63, 3.8) is 0 Å². The van der Waals surface area contributed by atoms with Crippen LogP contribution >= 0.6 is 34.8 Å². The number of nitro groups is 1. The van der Waals surface area contributed by atoms with Gasteiger partial charge in [-0.15, -0.1) is 0 Å². The highest BCUT2D eigenvalue weighted by molar-refractivity contribution is 6.50. The molecule has 2 heterocycles. The third-order valence-corrected chi connectivity index (χ3v) is 5.92. The molecule has 5 rings (SSSR count). The fourth-order valence-corrected chi connectivity index (χ4v) is 4.92. The maximum absolute atomic E-state index is 11.2. The maximum Gasteiger partial charge on any atom is 0.673 e. The van der Waals surface area contributed by atoms with E-state index in [0.717, 1.165) is 11.1 Å². The number of nitro benzene ring substituents is 1. The second-order valence-corrected chi connectivity index (χ2v) is 8.49. The van der Waals surface area contributed by atoms with Crippen LogP contribution in [0.2, 0.25) is 15.1 Å². The van der Waals surface area contributed by atoms with Gasteiger partial charge in [-0.25, -0.2) is 4.57 Å². The Morgan fingerprint density at radius 1 is 1.15 bits per heavy atom. The summed E-state index contributed by atoms with van der Waals surface area (Å²) in [5.74, 6) is 0.683. The van der Waals surface area contributed by atoms with Crippen LogP contribution in [-0.4, -0.2) is 28.1 Å². The fraction of sp³-hybridized carbons (Fsp3) is 0.222. The summed E-state index contributed by atoms with van der Waals surface area (Å²) >= 11 is 18.7. The zero-order valence-corrected chi connectivity index (χ0v) is 18.5. The van der Waals surface area contributed by atoms with E-state index in [1.165, 1.54) is 6.07 Å². The SMILES string of the molecule is F[B-](F)(F)F.O=[N+]([O-])c1ccc2c(c1)C1C(C2)OCc2nn(-c3c(Cl)cc(Cl)cc3Cl)c[n+]21. The molecule has 1 aromatic heterocycles. The first-order chi connectivity index (χ1) is 15.4. The topological polar surface area (TPSA) is 74.1 Å². The number of hydrogen-bond acceptors (Lipinski definition) is 4. The minimum Gasteiger partial charge on any atom is -0.418 e. The van der Waals surface area contributed by atoms with E-state index in [1.54, 1.807) is 35.3 Å². The summed E-state index contributed by atoms with van der Waals surface area (Å²) in [6.45, 7) is 0.326. The van der Waals surface area contributed by atoms with Crippen molar-refractivity contribution in [3.8, 4) is 5.69 Å². The maximum atomic E-state index is 11.2. The van der Waals surface area contributed by atoms with Gasteiger partial charge in [0.15, 0.2) is 5.69 Å². The molecule has 0 bridgehead atoms. The lowest BCUT2D eigenvalue weighted by Gasteiger charge is -2.23. The minimum atomic E-state index is -6.00. The van der Waals surface area contributed by atoms with Crippen LogP contribution < -0.4 is 4.57 Å². The first-order valence-electron chi connectivity index (χ1n) is 9.33. The van der Waals surface area contributed by atoms with E-state index in [9.17, 15) is 27.4 Å². The molecule has 0 saturated heterocycles. The van der Waals surface area contributed by atoms with E-state index < -0.39 is 7.25 Å². The van der Waals surface area contributed by atoms with Gasteiger partial charge in [-0.2, -0.15) is 0 Å². The van der Waals surface area contributed by atoms with E-state index in [4.69, 9.17) is 39.5 Å². The molecule has 1 aliphatic heterocycles. The van der Waals surface area contributed by atoms with Crippen molar-refractivity contribution in [2.45, 2.75) is 25.2 Å². The molecule has 2 aromatic carbocycles. The predicted molar refractivity (Wildman–Crippen MR) is 112 cm³/mol. The van der Waals surface area contributed by atoms with Gasteiger partial charge in [0.1, 0.15) is 18.8 Å². The number of hydrogen-bond donors (Lipinski definition) is 0. The van der Waals surface area contributed by atoms with Gasteiger partial charge in [0.05, 0.1) is 15.0 Å². The normalized spacial score (nSPS) is 18.6. The van der Waals surface area contributed by atoms with Crippen LogP contribution in [0.3, 0.4) is 0 Å². The number of non-ortho nitro benzene ring substituents is 1. The molecule has 174 valence electrons. The molecule has 2 unspecified atom stereocenters. The zero-order chi connectivity index (χ0) is 24.1. The number of aromatic nitrogens is 3. The third kappa shape index (κ3) is 4.93. The number of fused-ring (bicyclic) bond motifs is 5. The number of ether oxygens (including phenoxy) is 1. The standard InChI is InChI=1S/C18H12Cl3N4O3.BF4/c19-10-4-13(20)18(14(21)5-10)24-8-23-16(22-24)7-28-15-3-9-1-2-11(25(26)27)6-12(9)17(15)23;2-1(3,4)5/h1-2,4-6,8,15,17H,3,7H2;/q+1;-1. The molecular weight excluding hydrogens is 513 g/mol. The highest BCUT2D eigenvalue weighted by atomic mass is 35.5. The molecule has 3 aromatic rings. The second kappa shape index (κ2) is 8.75. The number of rotatable bonds is 2. The van der Waals surface area contributed by atoms with Gasteiger partial charge >= 0.3 is 13.1 Å². The van der Waals surface area contributed by atoms with Crippen LogP contribution in [0.1, 0.15) is 23.0 Å². The molecule has 2 aliphatic rings. The van der Waals surface area contributed by atoms with Crippen molar-refractivity contribution >= 4 is 47.7 Å². The molecule has 2 atom stereocenters.